The number of rotatable bonds is 9. The van der Waals surface area contributed by atoms with Crippen molar-refractivity contribution in [2.45, 2.75) is 27.0 Å². The van der Waals surface area contributed by atoms with Gasteiger partial charge in [0.25, 0.3) is 5.91 Å². The van der Waals surface area contributed by atoms with Crippen LogP contribution in [0.5, 0.6) is 5.75 Å². The van der Waals surface area contributed by atoms with Gasteiger partial charge in [0.2, 0.25) is 0 Å². The van der Waals surface area contributed by atoms with Crippen LogP contribution in [-0.4, -0.2) is 26.3 Å². The first-order valence-electron chi connectivity index (χ1n) is 11.3. The number of ether oxygens (including phenoxy) is 1. The minimum Gasteiger partial charge on any atom is -0.489 e. The van der Waals surface area contributed by atoms with Crippen molar-refractivity contribution in [3.63, 3.8) is 0 Å². The van der Waals surface area contributed by atoms with E-state index in [4.69, 9.17) is 4.74 Å². The van der Waals surface area contributed by atoms with Gasteiger partial charge < -0.3 is 14.9 Å². The van der Waals surface area contributed by atoms with E-state index in [0.717, 1.165) is 22.4 Å². The monoisotopic (exact) mass is 483 g/mol. The average molecular weight is 484 g/mol. The van der Waals surface area contributed by atoms with Crippen LogP contribution in [0.2, 0.25) is 0 Å². The van der Waals surface area contributed by atoms with Crippen LogP contribution in [0.3, 0.4) is 0 Å². The molecule has 1 aromatic heterocycles. The highest BCUT2D eigenvalue weighted by atomic mass is 16.6. The Balaban J connectivity index is 1.32. The van der Waals surface area contributed by atoms with Crippen molar-refractivity contribution in [1.29, 1.82) is 0 Å². The first kappa shape index (κ1) is 24.3. The summed E-state index contributed by atoms with van der Waals surface area (Å²) < 4.78 is 7.36. The number of carbonyl (C=O) groups is 1. The minimum atomic E-state index is -0.520. The molecule has 0 saturated heterocycles. The fourth-order valence-corrected chi connectivity index (χ4v) is 3.47. The quantitative estimate of drug-likeness (QED) is 0.207. The Morgan fingerprint density at radius 1 is 1.00 bits per heavy atom. The Morgan fingerprint density at radius 2 is 1.67 bits per heavy atom. The molecule has 1 amide bonds. The Kier molecular flexibility index (Phi) is 7.50. The number of hydrazone groups is 1. The van der Waals surface area contributed by atoms with Crippen LogP contribution >= 0.6 is 0 Å². The van der Waals surface area contributed by atoms with Gasteiger partial charge in [-0.2, -0.15) is 9.78 Å². The number of amides is 1. The van der Waals surface area contributed by atoms with Crippen molar-refractivity contribution in [2.24, 2.45) is 5.10 Å². The zero-order valence-corrected chi connectivity index (χ0v) is 19.9. The van der Waals surface area contributed by atoms with Gasteiger partial charge in [-0.3, -0.25) is 4.79 Å². The number of benzene rings is 3. The van der Waals surface area contributed by atoms with Gasteiger partial charge in [-0.05, 0) is 71.9 Å². The summed E-state index contributed by atoms with van der Waals surface area (Å²) in [6, 6.07) is 25.8. The van der Waals surface area contributed by atoms with Crippen molar-refractivity contribution in [3.8, 4) is 5.75 Å². The molecule has 4 aromatic rings. The van der Waals surface area contributed by atoms with Gasteiger partial charge in [0, 0.05) is 5.56 Å². The lowest BCUT2D eigenvalue weighted by Gasteiger charge is -2.08. The van der Waals surface area contributed by atoms with E-state index in [1.807, 2.05) is 61.5 Å². The molecule has 0 unspecified atom stereocenters. The van der Waals surface area contributed by atoms with Crippen LogP contribution in [-0.2, 0) is 13.2 Å². The summed E-state index contributed by atoms with van der Waals surface area (Å²) in [7, 11) is 0. The molecule has 0 fully saturated rings. The average Bonchev–Trinajstić information content (AvgIpc) is 3.27. The molecule has 36 heavy (non-hydrogen) atoms. The fourth-order valence-electron chi connectivity index (χ4n) is 3.47. The van der Waals surface area contributed by atoms with Gasteiger partial charge >= 0.3 is 5.82 Å². The number of carbonyl (C=O) groups excluding carboxylic acids is 1. The Hall–Kier alpha value is -4.79. The van der Waals surface area contributed by atoms with E-state index in [-0.39, 0.29) is 11.7 Å². The SMILES string of the molecule is C/C(=N/NC(=O)c1ccc(Cn2nc([N+](=O)[O-])cc2C)cc1)c1ccc(OCc2ccccc2)cc1. The molecule has 0 atom stereocenters. The molecule has 1 N–H and O–H groups in total. The highest BCUT2D eigenvalue weighted by Crippen LogP contribution is 2.16. The van der Waals surface area contributed by atoms with Crippen LogP contribution in [0.1, 0.15) is 39.7 Å². The Morgan fingerprint density at radius 3 is 2.31 bits per heavy atom. The zero-order valence-electron chi connectivity index (χ0n) is 19.9. The Labute approximate surface area is 208 Å². The lowest BCUT2D eigenvalue weighted by Crippen LogP contribution is -2.19. The molecular formula is C27H25N5O4. The Bertz CT molecular complexity index is 1380. The normalized spacial score (nSPS) is 11.2. The predicted octanol–water partition coefficient (Wildman–Crippen LogP) is 4.88. The summed E-state index contributed by atoms with van der Waals surface area (Å²) >= 11 is 0. The van der Waals surface area contributed by atoms with Crippen LogP contribution in [0, 0.1) is 17.0 Å². The van der Waals surface area contributed by atoms with E-state index in [1.54, 1.807) is 35.9 Å². The zero-order chi connectivity index (χ0) is 25.5. The first-order valence-corrected chi connectivity index (χ1v) is 11.3. The maximum absolute atomic E-state index is 12.5. The van der Waals surface area contributed by atoms with E-state index < -0.39 is 4.92 Å². The summed E-state index contributed by atoms with van der Waals surface area (Å²) in [6.07, 6.45) is 0. The summed E-state index contributed by atoms with van der Waals surface area (Å²) in [6.45, 7) is 4.43. The smallest absolute Gasteiger partial charge is 0.390 e. The van der Waals surface area contributed by atoms with Gasteiger partial charge in [0.05, 0.1) is 29.1 Å². The third-order valence-electron chi connectivity index (χ3n) is 5.55. The van der Waals surface area contributed by atoms with E-state index in [2.05, 4.69) is 15.6 Å². The molecule has 9 nitrogen and oxygen atoms in total. The second-order valence-electron chi connectivity index (χ2n) is 8.19. The molecular weight excluding hydrogens is 458 g/mol. The third kappa shape index (κ3) is 6.20. The lowest BCUT2D eigenvalue weighted by molar-refractivity contribution is -0.389. The number of nitro groups is 1. The molecule has 3 aromatic carbocycles. The molecule has 0 aliphatic heterocycles. The molecule has 0 radical (unpaired) electrons. The van der Waals surface area contributed by atoms with E-state index in [9.17, 15) is 14.9 Å². The van der Waals surface area contributed by atoms with E-state index >= 15 is 0 Å². The summed E-state index contributed by atoms with van der Waals surface area (Å²) in [5, 5.41) is 19.1. The molecule has 0 aliphatic rings. The van der Waals surface area contributed by atoms with Gasteiger partial charge in [-0.25, -0.2) is 5.43 Å². The summed E-state index contributed by atoms with van der Waals surface area (Å²) in [4.78, 5) is 22.9. The van der Waals surface area contributed by atoms with Crippen molar-refractivity contribution in [3.05, 3.63) is 123 Å². The van der Waals surface area contributed by atoms with Crippen LogP contribution in [0.25, 0.3) is 0 Å². The molecule has 0 bridgehead atoms. The minimum absolute atomic E-state index is 0.189. The van der Waals surface area contributed by atoms with Gasteiger partial charge in [-0.15, -0.1) is 0 Å². The highest BCUT2D eigenvalue weighted by Gasteiger charge is 2.15. The van der Waals surface area contributed by atoms with Crippen molar-refractivity contribution < 1.29 is 14.5 Å². The maximum Gasteiger partial charge on any atom is 0.390 e. The number of nitrogens with one attached hydrogen (secondary N) is 1. The van der Waals surface area contributed by atoms with Gasteiger partial charge in [0.15, 0.2) is 0 Å². The van der Waals surface area contributed by atoms with Crippen molar-refractivity contribution in [2.75, 3.05) is 0 Å². The fraction of sp³-hybridized carbons (Fsp3) is 0.148. The van der Waals surface area contributed by atoms with Gasteiger partial charge in [0.1, 0.15) is 12.4 Å². The van der Waals surface area contributed by atoms with Gasteiger partial charge in [-0.1, -0.05) is 42.5 Å². The van der Waals surface area contributed by atoms with E-state index in [0.29, 0.717) is 30.1 Å². The molecule has 1 heterocycles. The lowest BCUT2D eigenvalue weighted by atomic mass is 10.1. The second kappa shape index (κ2) is 11.1. The van der Waals surface area contributed by atoms with Crippen LogP contribution in [0.15, 0.2) is 90.0 Å². The van der Waals surface area contributed by atoms with E-state index in [1.165, 1.54) is 6.07 Å². The molecule has 0 spiro atoms. The standard InChI is InChI=1S/C27H25N5O4/c1-19-16-26(32(34)35)30-31(19)17-21-8-10-24(11-9-21)27(33)29-28-20(2)23-12-14-25(15-13-23)36-18-22-6-4-3-5-7-22/h3-16H,17-18H2,1-2H3,(H,29,33)/b28-20-. The molecule has 182 valence electrons. The number of aryl methyl sites for hydroxylation is 1. The topological polar surface area (TPSA) is 112 Å². The van der Waals surface area contributed by atoms with Crippen molar-refractivity contribution >= 4 is 17.4 Å². The van der Waals surface area contributed by atoms with Crippen LogP contribution < -0.4 is 10.2 Å². The summed E-state index contributed by atoms with van der Waals surface area (Å²) in [5.41, 5.74) is 7.19. The number of nitrogens with zero attached hydrogens (tertiary/aromatic N) is 4. The summed E-state index contributed by atoms with van der Waals surface area (Å²) in [5.74, 6) is 0.222. The molecule has 0 saturated carbocycles. The maximum atomic E-state index is 12.5. The van der Waals surface area contributed by atoms with Crippen molar-refractivity contribution in [1.82, 2.24) is 15.2 Å². The molecule has 4 rings (SSSR count). The predicted molar refractivity (Wildman–Crippen MR) is 136 cm³/mol. The largest absolute Gasteiger partial charge is 0.489 e. The number of hydrogen-bond donors (Lipinski definition) is 1. The third-order valence-corrected chi connectivity index (χ3v) is 5.55. The molecule has 9 heteroatoms. The number of hydrogen-bond acceptors (Lipinski definition) is 6. The van der Waals surface area contributed by atoms with Crippen LogP contribution in [0.4, 0.5) is 5.82 Å². The highest BCUT2D eigenvalue weighted by molar-refractivity contribution is 6.00. The number of aromatic nitrogens is 2. The first-order chi connectivity index (χ1) is 17.4. The molecule has 0 aliphatic carbocycles. The second-order valence-corrected chi connectivity index (χ2v) is 8.19.